The Bertz CT molecular complexity index is 561. The van der Waals surface area contributed by atoms with Crippen LogP contribution in [0.25, 0.3) is 11.0 Å². The molecule has 2 N–H and O–H groups in total. The molecule has 2 aliphatic rings. The Morgan fingerprint density at radius 3 is 2.68 bits per heavy atom. The van der Waals surface area contributed by atoms with Crippen LogP contribution < -0.4 is 14.8 Å². The quantitative estimate of drug-likeness (QED) is 0.858. The number of ether oxygens (including phenoxy) is 2. The third kappa shape index (κ3) is 2.04. The fourth-order valence-electron chi connectivity index (χ4n) is 2.58. The van der Waals surface area contributed by atoms with Gasteiger partial charge in [-0.3, -0.25) is 0 Å². The number of rotatable bonds is 2. The highest BCUT2D eigenvalue weighted by Crippen LogP contribution is 2.33. The number of nitrogens with one attached hydrogen (secondary N) is 2. The van der Waals surface area contributed by atoms with Crippen LogP contribution in [0.4, 0.5) is 0 Å². The van der Waals surface area contributed by atoms with Gasteiger partial charge >= 0.3 is 0 Å². The Hall–Kier alpha value is -1.75. The van der Waals surface area contributed by atoms with Crippen molar-refractivity contribution in [3.63, 3.8) is 0 Å². The van der Waals surface area contributed by atoms with Gasteiger partial charge < -0.3 is 19.8 Å². The van der Waals surface area contributed by atoms with Gasteiger partial charge in [-0.2, -0.15) is 0 Å². The largest absolute Gasteiger partial charge is 0.489 e. The van der Waals surface area contributed by atoms with Crippen molar-refractivity contribution in [2.45, 2.75) is 12.8 Å². The van der Waals surface area contributed by atoms with Crippen molar-refractivity contribution < 1.29 is 9.47 Å². The van der Waals surface area contributed by atoms with Gasteiger partial charge in [0.2, 0.25) is 0 Å². The van der Waals surface area contributed by atoms with Gasteiger partial charge in [-0.15, -0.1) is 0 Å². The van der Waals surface area contributed by atoms with E-state index >= 15 is 0 Å². The van der Waals surface area contributed by atoms with Gasteiger partial charge in [0.1, 0.15) is 5.82 Å². The second-order valence-electron chi connectivity index (χ2n) is 5.28. The van der Waals surface area contributed by atoms with E-state index in [0.29, 0.717) is 19.1 Å². The van der Waals surface area contributed by atoms with Crippen LogP contribution in [-0.4, -0.2) is 36.3 Å². The molecule has 1 aromatic heterocycles. The van der Waals surface area contributed by atoms with Crippen LogP contribution in [-0.2, 0) is 6.42 Å². The Morgan fingerprint density at radius 1 is 1.16 bits per heavy atom. The monoisotopic (exact) mass is 259 g/mol. The smallest absolute Gasteiger partial charge is 0.163 e. The van der Waals surface area contributed by atoms with Gasteiger partial charge in [-0.1, -0.05) is 0 Å². The second kappa shape index (κ2) is 4.42. The van der Waals surface area contributed by atoms with Gasteiger partial charge in [-0.25, -0.2) is 4.98 Å². The summed E-state index contributed by atoms with van der Waals surface area (Å²) in [6, 6.07) is 3.99. The molecular weight excluding hydrogens is 242 g/mol. The van der Waals surface area contributed by atoms with Crippen molar-refractivity contribution in [2.75, 3.05) is 26.3 Å². The van der Waals surface area contributed by atoms with E-state index in [9.17, 15) is 0 Å². The van der Waals surface area contributed by atoms with Crippen LogP contribution in [0, 0.1) is 5.92 Å². The number of hydrogen-bond acceptors (Lipinski definition) is 4. The molecule has 0 unspecified atom stereocenters. The molecule has 0 atom stereocenters. The first-order chi connectivity index (χ1) is 9.38. The highest BCUT2D eigenvalue weighted by molar-refractivity contribution is 5.79. The number of fused-ring (bicyclic) bond motifs is 2. The molecule has 1 aromatic carbocycles. The summed E-state index contributed by atoms with van der Waals surface area (Å²) in [7, 11) is 0. The maximum atomic E-state index is 5.70. The standard InChI is InChI=1S/C14H17N3O2/c1-2-18-12-5-10-11(6-13(12)19-3-1)17-14(16-10)4-9-7-15-8-9/h5-6,9,15H,1-4,7-8H2,(H,16,17). The Kier molecular flexibility index (Phi) is 2.58. The Labute approximate surface area is 111 Å². The van der Waals surface area contributed by atoms with E-state index < -0.39 is 0 Å². The van der Waals surface area contributed by atoms with Crippen molar-refractivity contribution in [2.24, 2.45) is 5.92 Å². The fourth-order valence-corrected chi connectivity index (χ4v) is 2.58. The highest BCUT2D eigenvalue weighted by atomic mass is 16.5. The van der Waals surface area contributed by atoms with E-state index in [1.54, 1.807) is 0 Å². The molecule has 5 heteroatoms. The molecule has 2 aliphatic heterocycles. The van der Waals surface area contributed by atoms with Crippen molar-refractivity contribution in [3.8, 4) is 11.5 Å². The van der Waals surface area contributed by atoms with E-state index in [4.69, 9.17) is 9.47 Å². The zero-order chi connectivity index (χ0) is 12.7. The van der Waals surface area contributed by atoms with Crippen molar-refractivity contribution in [1.29, 1.82) is 0 Å². The first kappa shape index (κ1) is 11.1. The molecule has 1 saturated heterocycles. The summed E-state index contributed by atoms with van der Waals surface area (Å²) in [5.74, 6) is 3.41. The van der Waals surface area contributed by atoms with Gasteiger partial charge in [0.05, 0.1) is 24.2 Å². The molecule has 100 valence electrons. The summed E-state index contributed by atoms with van der Waals surface area (Å²) in [4.78, 5) is 8.05. The maximum Gasteiger partial charge on any atom is 0.163 e. The fraction of sp³-hybridized carbons (Fsp3) is 0.500. The van der Waals surface area contributed by atoms with Crippen molar-refractivity contribution in [1.82, 2.24) is 15.3 Å². The van der Waals surface area contributed by atoms with Crippen LogP contribution in [0.5, 0.6) is 11.5 Å². The van der Waals surface area contributed by atoms with Crippen LogP contribution in [0.15, 0.2) is 12.1 Å². The third-order valence-corrected chi connectivity index (χ3v) is 3.75. The number of aromatic nitrogens is 2. The number of H-pyrrole nitrogens is 1. The molecule has 4 rings (SSSR count). The van der Waals surface area contributed by atoms with Gasteiger partial charge in [-0.05, 0) is 19.0 Å². The number of aromatic amines is 1. The zero-order valence-corrected chi connectivity index (χ0v) is 10.7. The zero-order valence-electron chi connectivity index (χ0n) is 10.7. The van der Waals surface area contributed by atoms with Crippen molar-refractivity contribution >= 4 is 11.0 Å². The topological polar surface area (TPSA) is 59.2 Å². The maximum absolute atomic E-state index is 5.70. The lowest BCUT2D eigenvalue weighted by atomic mass is 9.99. The van der Waals surface area contributed by atoms with E-state index in [2.05, 4.69) is 15.3 Å². The summed E-state index contributed by atoms with van der Waals surface area (Å²) in [6.45, 7) is 3.62. The summed E-state index contributed by atoms with van der Waals surface area (Å²) in [6.07, 6.45) is 1.93. The molecule has 2 aromatic rings. The number of nitrogens with zero attached hydrogens (tertiary/aromatic N) is 1. The first-order valence-corrected chi connectivity index (χ1v) is 6.87. The lowest BCUT2D eigenvalue weighted by Crippen LogP contribution is -2.43. The van der Waals surface area contributed by atoms with Crippen LogP contribution in [0.2, 0.25) is 0 Å². The summed E-state index contributed by atoms with van der Waals surface area (Å²) in [5.41, 5.74) is 2.00. The minimum Gasteiger partial charge on any atom is -0.489 e. The summed E-state index contributed by atoms with van der Waals surface area (Å²) in [5, 5.41) is 3.29. The van der Waals surface area contributed by atoms with E-state index in [-0.39, 0.29) is 0 Å². The molecule has 0 radical (unpaired) electrons. The molecule has 3 heterocycles. The van der Waals surface area contributed by atoms with E-state index in [1.807, 2.05) is 12.1 Å². The Morgan fingerprint density at radius 2 is 1.95 bits per heavy atom. The van der Waals surface area contributed by atoms with Gasteiger partial charge in [0, 0.05) is 25.0 Å². The molecule has 0 bridgehead atoms. The van der Waals surface area contributed by atoms with E-state index in [0.717, 1.165) is 54.3 Å². The third-order valence-electron chi connectivity index (χ3n) is 3.75. The Balaban J connectivity index is 1.68. The average molecular weight is 259 g/mol. The van der Waals surface area contributed by atoms with Gasteiger partial charge in [0.15, 0.2) is 11.5 Å². The number of benzene rings is 1. The van der Waals surface area contributed by atoms with Crippen LogP contribution in [0.1, 0.15) is 12.2 Å². The van der Waals surface area contributed by atoms with Crippen LogP contribution >= 0.6 is 0 Å². The molecular formula is C14H17N3O2. The predicted molar refractivity (Wildman–Crippen MR) is 71.8 cm³/mol. The normalized spacial score (nSPS) is 19.2. The minimum atomic E-state index is 0.712. The molecule has 0 amide bonds. The SMILES string of the molecule is c1c2c(cc3[nH]c(CC4CNC4)nc13)OCCCO2. The molecule has 19 heavy (non-hydrogen) atoms. The molecule has 5 nitrogen and oxygen atoms in total. The van der Waals surface area contributed by atoms with E-state index in [1.165, 1.54) is 0 Å². The highest BCUT2D eigenvalue weighted by Gasteiger charge is 2.19. The molecule has 0 saturated carbocycles. The van der Waals surface area contributed by atoms with Crippen LogP contribution in [0.3, 0.4) is 0 Å². The number of imidazole rings is 1. The molecule has 0 spiro atoms. The minimum absolute atomic E-state index is 0.712. The lowest BCUT2D eigenvalue weighted by Gasteiger charge is -2.25. The second-order valence-corrected chi connectivity index (χ2v) is 5.28. The first-order valence-electron chi connectivity index (χ1n) is 6.87. The summed E-state index contributed by atoms with van der Waals surface area (Å²) < 4.78 is 11.4. The number of hydrogen-bond donors (Lipinski definition) is 2. The lowest BCUT2D eigenvalue weighted by molar-refractivity contribution is 0.297. The summed E-state index contributed by atoms with van der Waals surface area (Å²) >= 11 is 0. The van der Waals surface area contributed by atoms with Crippen molar-refractivity contribution in [3.05, 3.63) is 18.0 Å². The average Bonchev–Trinajstić information content (AvgIpc) is 2.60. The molecule has 0 aliphatic carbocycles. The van der Waals surface area contributed by atoms with Gasteiger partial charge in [0.25, 0.3) is 0 Å². The molecule has 1 fully saturated rings. The predicted octanol–water partition coefficient (Wildman–Crippen LogP) is 1.49.